The van der Waals surface area contributed by atoms with Crippen LogP contribution in [0.4, 0.5) is 0 Å². The minimum atomic E-state index is -0.0487. The third kappa shape index (κ3) is 3.61. The molecule has 1 fully saturated rings. The van der Waals surface area contributed by atoms with Crippen molar-refractivity contribution in [2.75, 3.05) is 26.7 Å². The van der Waals surface area contributed by atoms with Crippen LogP contribution < -0.4 is 10.6 Å². The molecule has 22 heavy (non-hydrogen) atoms. The second-order valence-electron chi connectivity index (χ2n) is 6.44. The van der Waals surface area contributed by atoms with Crippen LogP contribution in [0.15, 0.2) is 35.3 Å². The SMILES string of the molecule is COC1(CNC2=NCCCN2)CCC(c2ccccc2)CC1. The summed E-state index contributed by atoms with van der Waals surface area (Å²) in [6, 6.07) is 10.9. The van der Waals surface area contributed by atoms with Gasteiger partial charge in [0.15, 0.2) is 5.96 Å². The number of ether oxygens (including phenoxy) is 1. The first-order valence-electron chi connectivity index (χ1n) is 8.44. The number of methoxy groups -OCH3 is 1. The maximum atomic E-state index is 5.91. The van der Waals surface area contributed by atoms with E-state index in [4.69, 9.17) is 4.74 Å². The molecule has 1 aromatic rings. The van der Waals surface area contributed by atoms with Gasteiger partial charge in [-0.1, -0.05) is 30.3 Å². The minimum Gasteiger partial charge on any atom is -0.376 e. The number of benzene rings is 1. The van der Waals surface area contributed by atoms with Gasteiger partial charge in [0.1, 0.15) is 0 Å². The van der Waals surface area contributed by atoms with E-state index in [1.165, 1.54) is 18.4 Å². The molecule has 1 saturated carbocycles. The van der Waals surface area contributed by atoms with Crippen LogP contribution in [0.2, 0.25) is 0 Å². The highest BCUT2D eigenvalue weighted by atomic mass is 16.5. The van der Waals surface area contributed by atoms with Gasteiger partial charge in [0, 0.05) is 26.7 Å². The van der Waals surface area contributed by atoms with E-state index in [-0.39, 0.29) is 5.60 Å². The van der Waals surface area contributed by atoms with Crippen molar-refractivity contribution < 1.29 is 4.74 Å². The van der Waals surface area contributed by atoms with Crippen molar-refractivity contribution in [1.29, 1.82) is 0 Å². The van der Waals surface area contributed by atoms with Crippen molar-refractivity contribution in [3.63, 3.8) is 0 Å². The number of aliphatic imine (C=N–C) groups is 1. The quantitative estimate of drug-likeness (QED) is 0.899. The zero-order valence-corrected chi connectivity index (χ0v) is 13.5. The van der Waals surface area contributed by atoms with Gasteiger partial charge in [0.05, 0.1) is 5.60 Å². The van der Waals surface area contributed by atoms with Crippen molar-refractivity contribution in [3.8, 4) is 0 Å². The fraction of sp³-hybridized carbons (Fsp3) is 0.611. The zero-order valence-electron chi connectivity index (χ0n) is 13.5. The third-order valence-electron chi connectivity index (χ3n) is 5.08. The van der Waals surface area contributed by atoms with Gasteiger partial charge in [-0.2, -0.15) is 0 Å². The van der Waals surface area contributed by atoms with E-state index in [1.54, 1.807) is 0 Å². The maximum Gasteiger partial charge on any atom is 0.191 e. The molecular formula is C18H27N3O. The lowest BCUT2D eigenvalue weighted by Crippen LogP contribution is -2.50. The summed E-state index contributed by atoms with van der Waals surface area (Å²) in [6.45, 7) is 2.78. The summed E-state index contributed by atoms with van der Waals surface area (Å²) in [6.07, 6.45) is 5.71. The Balaban J connectivity index is 1.55. The molecule has 2 N–H and O–H groups in total. The van der Waals surface area contributed by atoms with E-state index in [9.17, 15) is 0 Å². The van der Waals surface area contributed by atoms with E-state index in [0.29, 0.717) is 5.92 Å². The van der Waals surface area contributed by atoms with Gasteiger partial charge in [0.25, 0.3) is 0 Å². The number of rotatable bonds is 4. The second-order valence-corrected chi connectivity index (χ2v) is 6.44. The average molecular weight is 301 g/mol. The van der Waals surface area contributed by atoms with Crippen LogP contribution in [0.5, 0.6) is 0 Å². The molecule has 0 unspecified atom stereocenters. The Morgan fingerprint density at radius 1 is 1.27 bits per heavy atom. The fourth-order valence-electron chi connectivity index (χ4n) is 3.55. The molecule has 0 radical (unpaired) electrons. The number of nitrogens with one attached hydrogen (secondary N) is 2. The average Bonchev–Trinajstić information content (AvgIpc) is 2.62. The highest BCUT2D eigenvalue weighted by Gasteiger charge is 2.35. The first-order valence-corrected chi connectivity index (χ1v) is 8.44. The molecule has 0 bridgehead atoms. The predicted molar refractivity (Wildman–Crippen MR) is 90.3 cm³/mol. The lowest BCUT2D eigenvalue weighted by atomic mass is 9.76. The molecule has 1 aliphatic carbocycles. The summed E-state index contributed by atoms with van der Waals surface area (Å²) >= 11 is 0. The van der Waals surface area contributed by atoms with Crippen LogP contribution in [0.1, 0.15) is 43.6 Å². The highest BCUT2D eigenvalue weighted by Crippen LogP contribution is 2.39. The molecule has 0 saturated heterocycles. The Morgan fingerprint density at radius 2 is 2.05 bits per heavy atom. The summed E-state index contributed by atoms with van der Waals surface area (Å²) in [5.41, 5.74) is 1.42. The number of nitrogens with zero attached hydrogens (tertiary/aromatic N) is 1. The Bertz CT molecular complexity index is 492. The Hall–Kier alpha value is -1.55. The van der Waals surface area contributed by atoms with Crippen molar-refractivity contribution >= 4 is 5.96 Å². The number of guanidine groups is 1. The Morgan fingerprint density at radius 3 is 2.68 bits per heavy atom. The maximum absolute atomic E-state index is 5.91. The molecule has 0 amide bonds. The smallest absolute Gasteiger partial charge is 0.191 e. The van der Waals surface area contributed by atoms with Gasteiger partial charge in [-0.3, -0.25) is 4.99 Å². The van der Waals surface area contributed by atoms with Gasteiger partial charge in [-0.05, 0) is 43.6 Å². The highest BCUT2D eigenvalue weighted by molar-refractivity contribution is 5.80. The normalized spacial score (nSPS) is 28.6. The molecule has 0 spiro atoms. The van der Waals surface area contributed by atoms with Gasteiger partial charge in [-0.15, -0.1) is 0 Å². The molecule has 3 rings (SSSR count). The standard InChI is InChI=1S/C18H27N3O/c1-22-18(14-21-17-19-12-5-13-20-17)10-8-16(9-11-18)15-6-3-2-4-7-15/h2-4,6-7,16H,5,8-14H2,1H3,(H2,19,20,21). The molecule has 4 heteroatoms. The van der Waals surface area contributed by atoms with Crippen molar-refractivity contribution in [2.24, 2.45) is 4.99 Å². The number of hydrogen-bond donors (Lipinski definition) is 2. The lowest BCUT2D eigenvalue weighted by molar-refractivity contribution is -0.0384. The van der Waals surface area contributed by atoms with E-state index >= 15 is 0 Å². The molecule has 1 heterocycles. The summed E-state index contributed by atoms with van der Waals surface area (Å²) in [4.78, 5) is 4.48. The zero-order chi connectivity index (χ0) is 15.3. The molecule has 2 aliphatic rings. The van der Waals surface area contributed by atoms with E-state index in [2.05, 4.69) is 46.0 Å². The van der Waals surface area contributed by atoms with Gasteiger partial charge < -0.3 is 15.4 Å². The van der Waals surface area contributed by atoms with Crippen LogP contribution in [-0.4, -0.2) is 38.3 Å². The predicted octanol–water partition coefficient (Wildman–Crippen LogP) is 2.67. The van der Waals surface area contributed by atoms with Crippen molar-refractivity contribution in [1.82, 2.24) is 10.6 Å². The van der Waals surface area contributed by atoms with Crippen LogP contribution in [0.25, 0.3) is 0 Å². The first kappa shape index (κ1) is 15.3. The van der Waals surface area contributed by atoms with Crippen LogP contribution in [0, 0.1) is 0 Å². The third-order valence-corrected chi connectivity index (χ3v) is 5.08. The monoisotopic (exact) mass is 301 g/mol. The van der Waals surface area contributed by atoms with E-state index in [0.717, 1.165) is 44.9 Å². The topological polar surface area (TPSA) is 45.6 Å². The molecule has 120 valence electrons. The Labute approximate surface area is 133 Å². The van der Waals surface area contributed by atoms with Crippen molar-refractivity contribution in [3.05, 3.63) is 35.9 Å². The van der Waals surface area contributed by atoms with Crippen LogP contribution in [-0.2, 0) is 4.74 Å². The van der Waals surface area contributed by atoms with Gasteiger partial charge in [0.2, 0.25) is 0 Å². The number of hydrogen-bond acceptors (Lipinski definition) is 4. The molecule has 4 nitrogen and oxygen atoms in total. The first-order chi connectivity index (χ1) is 10.8. The van der Waals surface area contributed by atoms with Crippen LogP contribution in [0.3, 0.4) is 0 Å². The summed E-state index contributed by atoms with van der Waals surface area (Å²) < 4.78 is 5.91. The minimum absolute atomic E-state index is 0.0487. The lowest BCUT2D eigenvalue weighted by Gasteiger charge is -2.39. The van der Waals surface area contributed by atoms with E-state index in [1.807, 2.05) is 7.11 Å². The molecule has 0 aromatic heterocycles. The fourth-order valence-corrected chi connectivity index (χ4v) is 3.55. The van der Waals surface area contributed by atoms with Crippen LogP contribution >= 0.6 is 0 Å². The second kappa shape index (κ2) is 7.14. The Kier molecular flexibility index (Phi) is 4.98. The largest absolute Gasteiger partial charge is 0.376 e. The molecular weight excluding hydrogens is 274 g/mol. The van der Waals surface area contributed by atoms with E-state index < -0.39 is 0 Å². The molecule has 0 atom stereocenters. The summed E-state index contributed by atoms with van der Waals surface area (Å²) in [7, 11) is 1.85. The summed E-state index contributed by atoms with van der Waals surface area (Å²) in [5, 5.41) is 6.77. The molecule has 1 aromatic carbocycles. The van der Waals surface area contributed by atoms with Crippen molar-refractivity contribution in [2.45, 2.75) is 43.6 Å². The van der Waals surface area contributed by atoms with Gasteiger partial charge in [-0.25, -0.2) is 0 Å². The molecule has 1 aliphatic heterocycles. The van der Waals surface area contributed by atoms with Gasteiger partial charge >= 0.3 is 0 Å². The summed E-state index contributed by atoms with van der Waals surface area (Å²) in [5.74, 6) is 1.61.